The summed E-state index contributed by atoms with van der Waals surface area (Å²) in [6.07, 6.45) is 0.834. The Hall–Kier alpha value is -0.800. The normalized spacial score (nSPS) is 13.0. The van der Waals surface area contributed by atoms with Crippen LogP contribution in [0.5, 0.6) is 0 Å². The number of rotatable bonds is 1. The van der Waals surface area contributed by atoms with Crippen LogP contribution in [0.4, 0.5) is 5.69 Å². The number of aromatic nitrogens is 1. The van der Waals surface area contributed by atoms with Crippen molar-refractivity contribution in [3.8, 4) is 0 Å². The summed E-state index contributed by atoms with van der Waals surface area (Å²) in [5.41, 5.74) is 6.59. The Bertz CT molecular complexity index is 263. The Morgan fingerprint density at radius 2 is 2.36 bits per heavy atom. The Kier molecular flexibility index (Phi) is 2.31. The monoisotopic (exact) mass is 172 g/mol. The van der Waals surface area contributed by atoms with Crippen molar-refractivity contribution in [2.75, 3.05) is 5.73 Å². The molecule has 1 unspecified atom stereocenters. The van der Waals surface area contributed by atoms with E-state index in [0.717, 1.165) is 0 Å². The number of aliphatic hydroxyl groups is 1. The lowest BCUT2D eigenvalue weighted by atomic mass is 10.1. The number of aliphatic hydroxyl groups excluding tert-OH is 1. The van der Waals surface area contributed by atoms with Crippen molar-refractivity contribution < 1.29 is 5.11 Å². The fraction of sp³-hybridized carbons (Fsp3) is 0.286. The van der Waals surface area contributed by atoms with E-state index in [4.69, 9.17) is 22.4 Å². The van der Waals surface area contributed by atoms with Crippen molar-refractivity contribution in [1.82, 2.24) is 4.98 Å². The molecule has 1 rings (SSSR count). The molecule has 1 aromatic heterocycles. The second-order valence-corrected chi connectivity index (χ2v) is 2.70. The van der Waals surface area contributed by atoms with E-state index in [9.17, 15) is 0 Å². The summed E-state index contributed by atoms with van der Waals surface area (Å²) in [5, 5.41) is 9.51. The lowest BCUT2D eigenvalue weighted by molar-refractivity contribution is 0.200. The van der Waals surface area contributed by atoms with E-state index in [-0.39, 0.29) is 0 Å². The highest BCUT2D eigenvalue weighted by atomic mass is 35.5. The quantitative estimate of drug-likeness (QED) is 0.629. The Balaban J connectivity index is 3.13. The van der Waals surface area contributed by atoms with Crippen molar-refractivity contribution in [1.29, 1.82) is 0 Å². The van der Waals surface area contributed by atoms with Crippen LogP contribution in [0.2, 0.25) is 5.15 Å². The average Bonchev–Trinajstić information content (AvgIpc) is 1.94. The largest absolute Gasteiger partial charge is 0.397 e. The first kappa shape index (κ1) is 8.30. The van der Waals surface area contributed by atoms with Gasteiger partial charge in [0.15, 0.2) is 0 Å². The fourth-order valence-corrected chi connectivity index (χ4v) is 0.983. The minimum absolute atomic E-state index is 0.343. The molecule has 60 valence electrons. The van der Waals surface area contributed by atoms with E-state index in [2.05, 4.69) is 4.98 Å². The number of hydrogen-bond donors (Lipinski definition) is 2. The van der Waals surface area contributed by atoms with Gasteiger partial charge in [0.05, 0.1) is 18.0 Å². The van der Waals surface area contributed by atoms with E-state index < -0.39 is 6.10 Å². The van der Waals surface area contributed by atoms with E-state index in [1.165, 1.54) is 6.20 Å². The molecule has 0 aliphatic rings. The van der Waals surface area contributed by atoms with Crippen LogP contribution in [-0.4, -0.2) is 10.1 Å². The molecule has 0 amide bonds. The molecule has 1 atom stereocenters. The van der Waals surface area contributed by atoms with E-state index in [1.54, 1.807) is 13.0 Å². The fourth-order valence-electron chi connectivity index (χ4n) is 0.816. The minimum Gasteiger partial charge on any atom is -0.397 e. The minimum atomic E-state index is -0.601. The van der Waals surface area contributed by atoms with Gasteiger partial charge >= 0.3 is 0 Å². The molecule has 0 saturated carbocycles. The second kappa shape index (κ2) is 3.07. The highest BCUT2D eigenvalue weighted by Gasteiger charge is 2.05. The van der Waals surface area contributed by atoms with Crippen LogP contribution in [0, 0.1) is 0 Å². The molecule has 0 aliphatic heterocycles. The molecule has 0 fully saturated rings. The molecule has 11 heavy (non-hydrogen) atoms. The van der Waals surface area contributed by atoms with Crippen molar-refractivity contribution >= 4 is 17.3 Å². The predicted octanol–water partition coefficient (Wildman–Crippen LogP) is 1.37. The molecule has 1 heterocycles. The highest BCUT2D eigenvalue weighted by molar-refractivity contribution is 6.29. The molecule has 3 N–H and O–H groups in total. The van der Waals surface area contributed by atoms with Gasteiger partial charge in [0.25, 0.3) is 0 Å². The van der Waals surface area contributed by atoms with Crippen LogP contribution >= 0.6 is 11.6 Å². The number of nitrogen functional groups attached to an aromatic ring is 1. The van der Waals surface area contributed by atoms with Crippen LogP contribution in [0.25, 0.3) is 0 Å². The molecule has 4 heteroatoms. The number of hydrogen-bond acceptors (Lipinski definition) is 3. The van der Waals surface area contributed by atoms with Crippen molar-refractivity contribution in [3.05, 3.63) is 23.0 Å². The van der Waals surface area contributed by atoms with Gasteiger partial charge in [0, 0.05) is 5.56 Å². The van der Waals surface area contributed by atoms with Crippen molar-refractivity contribution in [2.24, 2.45) is 0 Å². The lowest BCUT2D eigenvalue weighted by Gasteiger charge is -2.07. The Morgan fingerprint density at radius 1 is 1.73 bits per heavy atom. The van der Waals surface area contributed by atoms with E-state index >= 15 is 0 Å². The van der Waals surface area contributed by atoms with Gasteiger partial charge in [-0.25, -0.2) is 4.98 Å². The van der Waals surface area contributed by atoms with Gasteiger partial charge < -0.3 is 10.8 Å². The lowest BCUT2D eigenvalue weighted by Crippen LogP contribution is -1.99. The standard InChI is InChI=1S/C7H9ClN2O/c1-4(11)5-2-7(8)10-3-6(5)9/h2-4,11H,9H2,1H3. The summed E-state index contributed by atoms with van der Waals surface area (Å²) < 4.78 is 0. The third kappa shape index (κ3) is 1.82. The zero-order valence-corrected chi connectivity index (χ0v) is 6.84. The van der Waals surface area contributed by atoms with Crippen LogP contribution in [0.15, 0.2) is 12.3 Å². The summed E-state index contributed by atoms with van der Waals surface area (Å²) in [6.45, 7) is 1.63. The van der Waals surface area contributed by atoms with Gasteiger partial charge in [-0.2, -0.15) is 0 Å². The summed E-state index contributed by atoms with van der Waals surface area (Å²) >= 11 is 5.58. The number of nitrogens with two attached hydrogens (primary N) is 1. The first-order chi connectivity index (χ1) is 5.11. The molecule has 0 aromatic carbocycles. The number of nitrogens with zero attached hydrogens (tertiary/aromatic N) is 1. The number of halogens is 1. The molecule has 0 aliphatic carbocycles. The van der Waals surface area contributed by atoms with Crippen LogP contribution < -0.4 is 5.73 Å². The molecule has 1 aromatic rings. The smallest absolute Gasteiger partial charge is 0.129 e. The zero-order valence-electron chi connectivity index (χ0n) is 6.08. The molecular formula is C7H9ClN2O. The zero-order chi connectivity index (χ0) is 8.43. The Morgan fingerprint density at radius 3 is 2.82 bits per heavy atom. The van der Waals surface area contributed by atoms with Crippen LogP contribution in [0.1, 0.15) is 18.6 Å². The summed E-state index contributed by atoms with van der Waals surface area (Å²) in [4.78, 5) is 3.75. The molecule has 0 spiro atoms. The average molecular weight is 173 g/mol. The summed E-state index contributed by atoms with van der Waals surface area (Å²) in [7, 11) is 0. The highest BCUT2D eigenvalue weighted by Crippen LogP contribution is 2.21. The van der Waals surface area contributed by atoms with Crippen LogP contribution in [0.3, 0.4) is 0 Å². The van der Waals surface area contributed by atoms with Gasteiger partial charge in [0.2, 0.25) is 0 Å². The molecule has 0 bridgehead atoms. The van der Waals surface area contributed by atoms with Gasteiger partial charge in [-0.3, -0.25) is 0 Å². The van der Waals surface area contributed by atoms with Crippen molar-refractivity contribution in [2.45, 2.75) is 13.0 Å². The first-order valence-electron chi connectivity index (χ1n) is 3.20. The SMILES string of the molecule is CC(O)c1cc(Cl)ncc1N. The maximum absolute atomic E-state index is 9.16. The van der Waals surface area contributed by atoms with Gasteiger partial charge in [-0.1, -0.05) is 11.6 Å². The van der Waals surface area contributed by atoms with E-state index in [1.807, 2.05) is 0 Å². The van der Waals surface area contributed by atoms with Gasteiger partial charge in [-0.05, 0) is 13.0 Å². The molecule has 3 nitrogen and oxygen atoms in total. The maximum atomic E-state index is 9.16. The summed E-state index contributed by atoms with van der Waals surface area (Å²) in [5.74, 6) is 0. The molecule has 0 radical (unpaired) electrons. The number of anilines is 1. The van der Waals surface area contributed by atoms with Crippen LogP contribution in [-0.2, 0) is 0 Å². The predicted molar refractivity (Wildman–Crippen MR) is 44.3 cm³/mol. The second-order valence-electron chi connectivity index (χ2n) is 2.31. The third-order valence-corrected chi connectivity index (χ3v) is 1.59. The molecular weight excluding hydrogens is 164 g/mol. The third-order valence-electron chi connectivity index (χ3n) is 1.38. The van der Waals surface area contributed by atoms with Gasteiger partial charge in [-0.15, -0.1) is 0 Å². The Labute approximate surface area is 69.8 Å². The number of pyridine rings is 1. The van der Waals surface area contributed by atoms with Gasteiger partial charge in [0.1, 0.15) is 5.15 Å². The maximum Gasteiger partial charge on any atom is 0.129 e. The van der Waals surface area contributed by atoms with Crippen molar-refractivity contribution in [3.63, 3.8) is 0 Å². The van der Waals surface area contributed by atoms with E-state index in [0.29, 0.717) is 16.4 Å². The topological polar surface area (TPSA) is 59.1 Å². The first-order valence-corrected chi connectivity index (χ1v) is 3.58. The summed E-state index contributed by atoms with van der Waals surface area (Å²) in [6, 6.07) is 1.56. The molecule has 0 saturated heterocycles.